The first kappa shape index (κ1) is 20.1. The van der Waals surface area contributed by atoms with Crippen molar-refractivity contribution < 1.29 is 19.1 Å². The number of benzene rings is 1. The summed E-state index contributed by atoms with van der Waals surface area (Å²) in [4.78, 5) is 35.0. The summed E-state index contributed by atoms with van der Waals surface area (Å²) in [5.41, 5.74) is 1.34. The molecule has 0 radical (unpaired) electrons. The number of carbonyl (C=O) groups excluding carboxylic acids is 3. The standard InChI is InChI=1S/C21H29NO4/c1-22-19-11-7-6-10-18(19)21(25)26-14-8-4-2-3-5-9-16-12-13-17(23)15-20(16)24/h6-7,10-11,16,22H,2-5,8-9,12-15H2,1H3. The Morgan fingerprint density at radius 1 is 1.12 bits per heavy atom. The quantitative estimate of drug-likeness (QED) is 0.386. The Kier molecular flexibility index (Phi) is 8.32. The molecular weight excluding hydrogens is 330 g/mol. The van der Waals surface area contributed by atoms with Gasteiger partial charge in [-0.1, -0.05) is 37.8 Å². The molecule has 5 nitrogen and oxygen atoms in total. The van der Waals surface area contributed by atoms with E-state index in [2.05, 4.69) is 5.32 Å². The number of hydrogen-bond acceptors (Lipinski definition) is 5. The molecular formula is C21H29NO4. The topological polar surface area (TPSA) is 72.5 Å². The van der Waals surface area contributed by atoms with Crippen LogP contribution in [0.2, 0.25) is 0 Å². The first-order valence-corrected chi connectivity index (χ1v) is 9.60. The van der Waals surface area contributed by atoms with Gasteiger partial charge in [-0.2, -0.15) is 0 Å². The second-order valence-corrected chi connectivity index (χ2v) is 6.91. The number of ether oxygens (including phenoxy) is 1. The van der Waals surface area contributed by atoms with Crippen molar-refractivity contribution in [3.63, 3.8) is 0 Å². The lowest BCUT2D eigenvalue weighted by Crippen LogP contribution is -2.24. The van der Waals surface area contributed by atoms with Gasteiger partial charge in [0.1, 0.15) is 11.6 Å². The van der Waals surface area contributed by atoms with Crippen LogP contribution < -0.4 is 5.32 Å². The van der Waals surface area contributed by atoms with Gasteiger partial charge in [-0.15, -0.1) is 0 Å². The number of carbonyl (C=O) groups is 3. The Morgan fingerprint density at radius 2 is 1.85 bits per heavy atom. The fraction of sp³-hybridized carbons (Fsp3) is 0.571. The second kappa shape index (κ2) is 10.7. The highest BCUT2D eigenvalue weighted by molar-refractivity contribution is 6.02. The molecule has 0 amide bonds. The number of hydrogen-bond donors (Lipinski definition) is 1. The molecule has 0 heterocycles. The van der Waals surface area contributed by atoms with Crippen molar-refractivity contribution in [1.82, 2.24) is 0 Å². The molecule has 0 bridgehead atoms. The summed E-state index contributed by atoms with van der Waals surface area (Å²) in [5, 5.41) is 2.99. The third-order valence-corrected chi connectivity index (χ3v) is 4.94. The first-order chi connectivity index (χ1) is 12.6. The highest BCUT2D eigenvalue weighted by atomic mass is 16.5. The van der Waals surface area contributed by atoms with E-state index in [1.807, 2.05) is 18.2 Å². The fourth-order valence-corrected chi connectivity index (χ4v) is 3.37. The minimum Gasteiger partial charge on any atom is -0.462 e. The van der Waals surface area contributed by atoms with E-state index in [0.29, 0.717) is 18.6 Å². The third-order valence-electron chi connectivity index (χ3n) is 4.94. The Labute approximate surface area is 155 Å². The van der Waals surface area contributed by atoms with Crippen LogP contribution in [-0.2, 0) is 14.3 Å². The molecule has 0 saturated heterocycles. The van der Waals surface area contributed by atoms with Crippen LogP contribution in [0.1, 0.15) is 68.1 Å². The zero-order valence-electron chi connectivity index (χ0n) is 15.6. The maximum Gasteiger partial charge on any atom is 0.340 e. The molecule has 1 fully saturated rings. The van der Waals surface area contributed by atoms with Crippen LogP contribution in [0.3, 0.4) is 0 Å². The van der Waals surface area contributed by atoms with Gasteiger partial charge in [-0.3, -0.25) is 9.59 Å². The summed E-state index contributed by atoms with van der Waals surface area (Å²) >= 11 is 0. The van der Waals surface area contributed by atoms with Crippen LogP contribution in [0, 0.1) is 5.92 Å². The molecule has 1 aromatic rings. The van der Waals surface area contributed by atoms with Crippen molar-refractivity contribution in [2.24, 2.45) is 5.92 Å². The Hall–Kier alpha value is -2.17. The molecule has 1 saturated carbocycles. The van der Waals surface area contributed by atoms with E-state index in [9.17, 15) is 14.4 Å². The minimum atomic E-state index is -0.291. The van der Waals surface area contributed by atoms with E-state index >= 15 is 0 Å². The average molecular weight is 359 g/mol. The number of Topliss-reactive ketones (excluding diaryl/α,β-unsaturated/α-hetero) is 2. The Bertz CT molecular complexity index is 626. The van der Waals surface area contributed by atoms with E-state index in [0.717, 1.165) is 50.6 Å². The Morgan fingerprint density at radius 3 is 2.62 bits per heavy atom. The lowest BCUT2D eigenvalue weighted by molar-refractivity contribution is -0.132. The number of esters is 1. The molecule has 1 N–H and O–H groups in total. The fourth-order valence-electron chi connectivity index (χ4n) is 3.37. The number of anilines is 1. The maximum absolute atomic E-state index is 12.1. The zero-order valence-corrected chi connectivity index (χ0v) is 15.6. The van der Waals surface area contributed by atoms with Crippen LogP contribution in [0.25, 0.3) is 0 Å². The van der Waals surface area contributed by atoms with Crippen LogP contribution >= 0.6 is 0 Å². The molecule has 0 spiro atoms. The number of nitrogens with one attached hydrogen (secondary N) is 1. The molecule has 26 heavy (non-hydrogen) atoms. The minimum absolute atomic E-state index is 0.0955. The normalized spacial score (nSPS) is 17.2. The maximum atomic E-state index is 12.1. The van der Waals surface area contributed by atoms with E-state index < -0.39 is 0 Å². The van der Waals surface area contributed by atoms with Gasteiger partial charge in [0, 0.05) is 25.1 Å². The monoisotopic (exact) mass is 359 g/mol. The number of unbranched alkanes of at least 4 members (excludes halogenated alkanes) is 4. The lowest BCUT2D eigenvalue weighted by Gasteiger charge is -2.19. The number of rotatable bonds is 10. The summed E-state index contributed by atoms with van der Waals surface area (Å²) < 4.78 is 5.34. The van der Waals surface area contributed by atoms with Crippen molar-refractivity contribution in [2.75, 3.05) is 19.0 Å². The number of para-hydroxylation sites is 1. The molecule has 1 aromatic carbocycles. The van der Waals surface area contributed by atoms with Crippen molar-refractivity contribution >= 4 is 23.2 Å². The van der Waals surface area contributed by atoms with Crippen LogP contribution in [0.4, 0.5) is 5.69 Å². The van der Waals surface area contributed by atoms with Crippen molar-refractivity contribution in [1.29, 1.82) is 0 Å². The van der Waals surface area contributed by atoms with Crippen LogP contribution in [-0.4, -0.2) is 31.2 Å². The van der Waals surface area contributed by atoms with Crippen molar-refractivity contribution in [3.05, 3.63) is 29.8 Å². The predicted molar refractivity (Wildman–Crippen MR) is 101 cm³/mol. The highest BCUT2D eigenvalue weighted by Gasteiger charge is 2.26. The molecule has 1 atom stereocenters. The summed E-state index contributed by atoms with van der Waals surface area (Å²) in [5.74, 6) is 0.0364. The molecule has 142 valence electrons. The van der Waals surface area contributed by atoms with Crippen LogP contribution in [0.15, 0.2) is 24.3 Å². The smallest absolute Gasteiger partial charge is 0.340 e. The van der Waals surface area contributed by atoms with Gasteiger partial charge in [0.05, 0.1) is 18.6 Å². The lowest BCUT2D eigenvalue weighted by atomic mass is 9.84. The highest BCUT2D eigenvalue weighted by Crippen LogP contribution is 2.24. The van der Waals surface area contributed by atoms with Crippen LogP contribution in [0.5, 0.6) is 0 Å². The predicted octanol–water partition coefficient (Wildman–Crippen LogP) is 4.16. The summed E-state index contributed by atoms with van der Waals surface area (Å²) in [6, 6.07) is 7.31. The first-order valence-electron chi connectivity index (χ1n) is 9.60. The number of ketones is 2. The molecule has 1 aliphatic rings. The van der Waals surface area contributed by atoms with E-state index in [4.69, 9.17) is 4.74 Å². The van der Waals surface area contributed by atoms with Gasteiger partial charge < -0.3 is 10.1 Å². The second-order valence-electron chi connectivity index (χ2n) is 6.91. The van der Waals surface area contributed by atoms with E-state index in [1.54, 1.807) is 13.1 Å². The van der Waals surface area contributed by atoms with Gasteiger partial charge in [0.2, 0.25) is 0 Å². The molecule has 0 aromatic heterocycles. The van der Waals surface area contributed by atoms with Gasteiger partial charge in [0.15, 0.2) is 0 Å². The SMILES string of the molecule is CNc1ccccc1C(=O)OCCCCCCCC1CCC(=O)CC1=O. The Balaban J connectivity index is 1.52. The molecule has 2 rings (SSSR count). The van der Waals surface area contributed by atoms with E-state index in [-0.39, 0.29) is 29.9 Å². The van der Waals surface area contributed by atoms with Gasteiger partial charge in [-0.05, 0) is 31.4 Å². The largest absolute Gasteiger partial charge is 0.462 e. The average Bonchev–Trinajstić information content (AvgIpc) is 2.65. The molecule has 0 aliphatic heterocycles. The summed E-state index contributed by atoms with van der Waals surface area (Å²) in [7, 11) is 1.78. The zero-order chi connectivity index (χ0) is 18.8. The van der Waals surface area contributed by atoms with Gasteiger partial charge >= 0.3 is 5.97 Å². The van der Waals surface area contributed by atoms with Gasteiger partial charge in [0.25, 0.3) is 0 Å². The molecule has 1 aliphatic carbocycles. The van der Waals surface area contributed by atoms with Crippen molar-refractivity contribution in [2.45, 2.75) is 57.8 Å². The molecule has 5 heteroatoms. The molecule has 1 unspecified atom stereocenters. The summed E-state index contributed by atoms with van der Waals surface area (Å²) in [6.07, 6.45) is 7.40. The third kappa shape index (κ3) is 6.28. The van der Waals surface area contributed by atoms with E-state index in [1.165, 1.54) is 0 Å². The summed E-state index contributed by atoms with van der Waals surface area (Å²) in [6.45, 7) is 0.431. The van der Waals surface area contributed by atoms with Gasteiger partial charge in [-0.25, -0.2) is 4.79 Å². The van der Waals surface area contributed by atoms with Crippen molar-refractivity contribution in [3.8, 4) is 0 Å².